The molecule has 2 aromatic rings. The molecule has 2 aliphatic rings. The molecule has 4 rings (SSSR count). The highest BCUT2D eigenvalue weighted by Crippen LogP contribution is 2.65. The van der Waals surface area contributed by atoms with Crippen LogP contribution in [0.3, 0.4) is 0 Å². The van der Waals surface area contributed by atoms with Gasteiger partial charge in [-0.1, -0.05) is 48.5 Å². The van der Waals surface area contributed by atoms with Gasteiger partial charge in [0.05, 0.1) is 5.41 Å². The van der Waals surface area contributed by atoms with Gasteiger partial charge in [-0.05, 0) is 23.6 Å². The predicted molar refractivity (Wildman–Crippen MR) is 75.3 cm³/mol. The third kappa shape index (κ3) is 1.24. The molecule has 0 bridgehead atoms. The lowest BCUT2D eigenvalue weighted by Gasteiger charge is -2.11. The minimum absolute atomic E-state index is 0.252. The van der Waals surface area contributed by atoms with Crippen molar-refractivity contribution < 1.29 is 4.79 Å². The van der Waals surface area contributed by atoms with Gasteiger partial charge < -0.3 is 4.90 Å². The molecule has 0 unspecified atom stereocenters. The van der Waals surface area contributed by atoms with Crippen LogP contribution < -0.4 is 4.90 Å². The Morgan fingerprint density at radius 1 is 1.05 bits per heavy atom. The van der Waals surface area contributed by atoms with Crippen molar-refractivity contribution >= 4 is 11.6 Å². The highest BCUT2D eigenvalue weighted by molar-refractivity contribution is 6.11. The zero-order chi connectivity index (χ0) is 13.0. The quantitative estimate of drug-likeness (QED) is 0.760. The number of amides is 1. The van der Waals surface area contributed by atoms with E-state index in [-0.39, 0.29) is 11.3 Å². The summed E-state index contributed by atoms with van der Waals surface area (Å²) < 4.78 is 0. The van der Waals surface area contributed by atoms with Gasteiger partial charge in [0, 0.05) is 18.7 Å². The number of carbonyl (C=O) groups excluding carboxylic acids is 1. The van der Waals surface area contributed by atoms with Crippen LogP contribution in [0, 0.1) is 0 Å². The van der Waals surface area contributed by atoms with Crippen molar-refractivity contribution in [3.63, 3.8) is 0 Å². The monoisotopic (exact) mass is 249 g/mol. The van der Waals surface area contributed by atoms with Crippen molar-refractivity contribution in [2.75, 3.05) is 11.9 Å². The standard InChI is InChI=1S/C17H15NO/c1-18-15-10-6-5-9-13(15)17(16(18)19)11-14(17)12-7-3-2-4-8-12/h2-10,14H,11H2,1H3/t14-,17-/m1/s1. The molecule has 19 heavy (non-hydrogen) atoms. The summed E-state index contributed by atoms with van der Waals surface area (Å²) in [5, 5.41) is 0. The Morgan fingerprint density at radius 3 is 2.53 bits per heavy atom. The summed E-state index contributed by atoms with van der Waals surface area (Å²) in [6.45, 7) is 0. The lowest BCUT2D eigenvalue weighted by atomic mass is 9.92. The molecule has 1 aliphatic heterocycles. The summed E-state index contributed by atoms with van der Waals surface area (Å²) in [6.07, 6.45) is 0.942. The Morgan fingerprint density at radius 2 is 1.74 bits per heavy atom. The molecule has 2 nitrogen and oxygen atoms in total. The number of fused-ring (bicyclic) bond motifs is 2. The van der Waals surface area contributed by atoms with E-state index in [0.29, 0.717) is 5.92 Å². The Balaban J connectivity index is 1.84. The second kappa shape index (κ2) is 3.47. The van der Waals surface area contributed by atoms with Gasteiger partial charge >= 0.3 is 0 Å². The highest BCUT2D eigenvalue weighted by atomic mass is 16.2. The Bertz CT molecular complexity index is 664. The first-order valence-corrected chi connectivity index (χ1v) is 6.68. The number of nitrogens with zero attached hydrogens (tertiary/aromatic N) is 1. The number of hydrogen-bond acceptors (Lipinski definition) is 1. The SMILES string of the molecule is CN1C(=O)[C@]2(C[C@@H]2c2ccccc2)c2ccccc21. The van der Waals surface area contributed by atoms with E-state index < -0.39 is 0 Å². The van der Waals surface area contributed by atoms with E-state index in [1.165, 1.54) is 11.1 Å². The van der Waals surface area contributed by atoms with Crippen molar-refractivity contribution in [1.82, 2.24) is 0 Å². The zero-order valence-electron chi connectivity index (χ0n) is 10.8. The van der Waals surface area contributed by atoms with Crippen LogP contribution in [0.25, 0.3) is 0 Å². The molecule has 1 saturated carbocycles. The minimum Gasteiger partial charge on any atom is -0.314 e. The van der Waals surface area contributed by atoms with E-state index in [1.54, 1.807) is 0 Å². The minimum atomic E-state index is -0.285. The molecule has 1 amide bonds. The van der Waals surface area contributed by atoms with E-state index in [2.05, 4.69) is 30.3 Å². The molecule has 2 heteroatoms. The van der Waals surface area contributed by atoms with Crippen LogP contribution in [0.2, 0.25) is 0 Å². The lowest BCUT2D eigenvalue weighted by Crippen LogP contribution is -2.29. The van der Waals surface area contributed by atoms with Crippen LogP contribution in [0.1, 0.15) is 23.5 Å². The summed E-state index contributed by atoms with van der Waals surface area (Å²) in [4.78, 5) is 14.5. The van der Waals surface area contributed by atoms with E-state index in [9.17, 15) is 4.79 Å². The van der Waals surface area contributed by atoms with Gasteiger partial charge in [0.2, 0.25) is 5.91 Å². The Labute approximate surface area is 112 Å². The van der Waals surface area contributed by atoms with Crippen LogP contribution in [0.5, 0.6) is 0 Å². The van der Waals surface area contributed by atoms with E-state index in [4.69, 9.17) is 0 Å². The van der Waals surface area contributed by atoms with Crippen LogP contribution in [0.15, 0.2) is 54.6 Å². The van der Waals surface area contributed by atoms with Crippen molar-refractivity contribution in [2.45, 2.75) is 17.8 Å². The number of anilines is 1. The first-order valence-electron chi connectivity index (χ1n) is 6.68. The summed E-state index contributed by atoms with van der Waals surface area (Å²) >= 11 is 0. The van der Waals surface area contributed by atoms with Crippen LogP contribution in [-0.2, 0) is 10.2 Å². The van der Waals surface area contributed by atoms with E-state index in [1.807, 2.05) is 36.2 Å². The van der Waals surface area contributed by atoms with Crippen molar-refractivity contribution in [2.24, 2.45) is 0 Å². The van der Waals surface area contributed by atoms with Crippen molar-refractivity contribution in [3.8, 4) is 0 Å². The fourth-order valence-electron chi connectivity index (χ4n) is 3.55. The molecule has 0 saturated heterocycles. The Hall–Kier alpha value is -2.09. The largest absolute Gasteiger partial charge is 0.314 e. The van der Waals surface area contributed by atoms with Gasteiger partial charge in [-0.2, -0.15) is 0 Å². The molecular formula is C17H15NO. The molecule has 0 aromatic heterocycles. The average molecular weight is 249 g/mol. The topological polar surface area (TPSA) is 20.3 Å². The van der Waals surface area contributed by atoms with Crippen LogP contribution in [0.4, 0.5) is 5.69 Å². The number of likely N-dealkylation sites (N-methyl/N-ethyl adjacent to an activating group) is 1. The molecule has 1 spiro atoms. The maximum absolute atomic E-state index is 12.7. The third-order valence-corrected chi connectivity index (χ3v) is 4.60. The molecule has 2 aromatic carbocycles. The van der Waals surface area contributed by atoms with E-state index in [0.717, 1.165) is 12.1 Å². The second-order valence-electron chi connectivity index (χ2n) is 5.52. The number of benzene rings is 2. The summed E-state index contributed by atoms with van der Waals surface area (Å²) in [5.74, 6) is 0.592. The lowest BCUT2D eigenvalue weighted by molar-refractivity contribution is -0.120. The third-order valence-electron chi connectivity index (χ3n) is 4.60. The van der Waals surface area contributed by atoms with E-state index >= 15 is 0 Å². The van der Waals surface area contributed by atoms with Gasteiger partial charge in [-0.15, -0.1) is 0 Å². The molecule has 2 atom stereocenters. The van der Waals surface area contributed by atoms with Crippen molar-refractivity contribution in [3.05, 3.63) is 65.7 Å². The maximum atomic E-state index is 12.7. The predicted octanol–water partition coefficient (Wildman–Crippen LogP) is 3.09. The average Bonchev–Trinajstić information content (AvgIpc) is 3.19. The summed E-state index contributed by atoms with van der Waals surface area (Å²) in [7, 11) is 1.89. The summed E-state index contributed by atoms with van der Waals surface area (Å²) in [6, 6.07) is 18.6. The van der Waals surface area contributed by atoms with Gasteiger partial charge in [0.15, 0.2) is 0 Å². The Kier molecular flexibility index (Phi) is 1.97. The van der Waals surface area contributed by atoms with Gasteiger partial charge in [0.1, 0.15) is 0 Å². The molecule has 1 fully saturated rings. The molecule has 94 valence electrons. The first-order chi connectivity index (χ1) is 9.25. The van der Waals surface area contributed by atoms with Gasteiger partial charge in [-0.3, -0.25) is 4.79 Å². The number of rotatable bonds is 1. The fraction of sp³-hybridized carbons (Fsp3) is 0.235. The second-order valence-corrected chi connectivity index (χ2v) is 5.52. The smallest absolute Gasteiger partial charge is 0.238 e. The van der Waals surface area contributed by atoms with Crippen LogP contribution >= 0.6 is 0 Å². The first kappa shape index (κ1) is 10.8. The number of hydrogen-bond donors (Lipinski definition) is 0. The highest BCUT2D eigenvalue weighted by Gasteiger charge is 2.66. The summed E-state index contributed by atoms with van der Waals surface area (Å²) in [5.41, 5.74) is 3.27. The normalized spacial score (nSPS) is 27.7. The maximum Gasteiger partial charge on any atom is 0.238 e. The molecular weight excluding hydrogens is 234 g/mol. The molecule has 0 radical (unpaired) electrons. The molecule has 1 aliphatic carbocycles. The van der Waals surface area contributed by atoms with Gasteiger partial charge in [0.25, 0.3) is 0 Å². The van der Waals surface area contributed by atoms with Gasteiger partial charge in [-0.25, -0.2) is 0 Å². The van der Waals surface area contributed by atoms with Crippen LogP contribution in [-0.4, -0.2) is 13.0 Å². The number of para-hydroxylation sites is 1. The zero-order valence-corrected chi connectivity index (χ0v) is 10.8. The molecule has 0 N–H and O–H groups in total. The molecule has 1 heterocycles. The fourth-order valence-corrected chi connectivity index (χ4v) is 3.55. The number of carbonyl (C=O) groups is 1. The van der Waals surface area contributed by atoms with Crippen molar-refractivity contribution in [1.29, 1.82) is 0 Å².